The third-order valence-corrected chi connectivity index (χ3v) is 13.2. The first-order valence-corrected chi connectivity index (χ1v) is 28.4. The first kappa shape index (κ1) is 64.6. The number of hydrogen-bond donors (Lipinski definition) is 6. The van der Waals surface area contributed by atoms with Gasteiger partial charge in [-0.05, 0) is 64.2 Å². The van der Waals surface area contributed by atoms with Crippen LogP contribution in [-0.4, -0.2) is 99.6 Å². The number of ether oxygens (including phenoxy) is 3. The molecule has 8 atom stereocenters. The zero-order valence-corrected chi connectivity index (χ0v) is 44.2. The molecule has 1 aliphatic heterocycles. The van der Waals surface area contributed by atoms with Crippen molar-refractivity contribution in [1.29, 1.82) is 0 Å². The molecule has 0 spiro atoms. The Morgan fingerprint density at radius 1 is 0.565 bits per heavy atom. The first-order chi connectivity index (χ1) is 33.7. The molecule has 1 saturated heterocycles. The Balaban J connectivity index is 2.70. The zero-order valence-electron chi connectivity index (χ0n) is 44.2. The predicted octanol–water partition coefficient (Wildman–Crippen LogP) is 12.5. The summed E-state index contributed by atoms with van der Waals surface area (Å²) in [6, 6.07) is -1.02. The van der Waals surface area contributed by atoms with Gasteiger partial charge in [0.1, 0.15) is 24.4 Å². The van der Waals surface area contributed by atoms with Gasteiger partial charge in [0.2, 0.25) is 5.91 Å². The number of aliphatic hydroxyl groups is 5. The summed E-state index contributed by atoms with van der Waals surface area (Å²) in [6.07, 6.45) is 44.4. The summed E-state index contributed by atoms with van der Waals surface area (Å²) in [5.41, 5.74) is 0. The van der Waals surface area contributed by atoms with E-state index in [-0.39, 0.29) is 13.0 Å². The van der Waals surface area contributed by atoms with Crippen molar-refractivity contribution in [3.63, 3.8) is 0 Å². The minimum atomic E-state index is -1.62. The van der Waals surface area contributed by atoms with E-state index in [1.807, 2.05) is 6.08 Å². The van der Waals surface area contributed by atoms with Gasteiger partial charge in [0.15, 0.2) is 12.4 Å². The fourth-order valence-electron chi connectivity index (χ4n) is 8.66. The zero-order chi connectivity index (χ0) is 50.4. The third kappa shape index (κ3) is 35.4. The largest absolute Gasteiger partial charge is 0.454 e. The lowest BCUT2D eigenvalue weighted by Gasteiger charge is -2.41. The van der Waals surface area contributed by atoms with Crippen LogP contribution in [0.5, 0.6) is 0 Å². The molecule has 11 nitrogen and oxygen atoms in total. The average molecular weight is 976 g/mol. The second-order valence-corrected chi connectivity index (χ2v) is 19.7. The Hall–Kier alpha value is -2.38. The van der Waals surface area contributed by atoms with Gasteiger partial charge in [-0.25, -0.2) is 0 Å². The molecule has 1 aliphatic rings. The quantitative estimate of drug-likeness (QED) is 0.0196. The molecule has 402 valence electrons. The molecule has 1 fully saturated rings. The summed E-state index contributed by atoms with van der Waals surface area (Å²) in [4.78, 5) is 26.4. The summed E-state index contributed by atoms with van der Waals surface area (Å²) >= 11 is 0. The second-order valence-electron chi connectivity index (χ2n) is 19.7. The van der Waals surface area contributed by atoms with Gasteiger partial charge >= 0.3 is 5.97 Å². The Morgan fingerprint density at radius 3 is 1.52 bits per heavy atom. The number of nitrogens with one attached hydrogen (secondary N) is 1. The van der Waals surface area contributed by atoms with Gasteiger partial charge in [-0.3, -0.25) is 9.59 Å². The maximum absolute atomic E-state index is 13.3. The SMILES string of the molecule is CCCCC/C=C\C/C=C\C/C=C\CCCCCCCCC(=O)OC1C(OCC(NC(=O)C(O)CCCCCCCCCCCC)C(O)/C=C/CCCCCCCCCCC)OC(CO)C(O)C1O. The van der Waals surface area contributed by atoms with Crippen molar-refractivity contribution in [2.45, 2.75) is 294 Å². The van der Waals surface area contributed by atoms with Crippen LogP contribution in [0.4, 0.5) is 0 Å². The number of esters is 1. The normalized spacial score (nSPS) is 20.1. The summed E-state index contributed by atoms with van der Waals surface area (Å²) < 4.78 is 17.5. The molecule has 0 aromatic heterocycles. The number of carbonyl (C=O) groups is 2. The van der Waals surface area contributed by atoms with Crippen LogP contribution >= 0.6 is 0 Å². The van der Waals surface area contributed by atoms with Gasteiger partial charge < -0.3 is 45.1 Å². The van der Waals surface area contributed by atoms with Gasteiger partial charge in [0.05, 0.1) is 25.4 Å². The average Bonchev–Trinajstić information content (AvgIpc) is 3.34. The van der Waals surface area contributed by atoms with Crippen molar-refractivity contribution < 1.29 is 49.3 Å². The molecule has 0 radical (unpaired) electrons. The van der Waals surface area contributed by atoms with E-state index in [0.717, 1.165) is 89.9 Å². The van der Waals surface area contributed by atoms with Crippen molar-refractivity contribution in [3.8, 4) is 0 Å². The fourth-order valence-corrected chi connectivity index (χ4v) is 8.66. The highest BCUT2D eigenvalue weighted by Crippen LogP contribution is 2.26. The van der Waals surface area contributed by atoms with Crippen LogP contribution in [0.1, 0.15) is 245 Å². The van der Waals surface area contributed by atoms with Crippen molar-refractivity contribution in [2.75, 3.05) is 13.2 Å². The second kappa shape index (κ2) is 46.7. The lowest BCUT2D eigenvalue weighted by molar-refractivity contribution is -0.305. The number of carbonyl (C=O) groups excluding carboxylic acids is 2. The van der Waals surface area contributed by atoms with Gasteiger partial charge in [0.25, 0.3) is 0 Å². The topological polar surface area (TPSA) is 175 Å². The third-order valence-electron chi connectivity index (χ3n) is 13.2. The van der Waals surface area contributed by atoms with E-state index in [9.17, 15) is 35.1 Å². The summed E-state index contributed by atoms with van der Waals surface area (Å²) in [5.74, 6) is -1.21. The standard InChI is InChI=1S/C58H105NO10/c1-4-7-10-13-16-19-22-23-24-25-26-27-28-29-31-34-37-40-43-46-53(63)69-56-55(65)54(64)52(47-60)68-58(56)67-48-49(50(61)44-41-38-35-33-30-20-17-14-11-8-5-2)59-57(66)51(62)45-42-39-36-32-21-18-15-12-9-6-3/h16,19,23-24,26-27,41,44,49-52,54-56,58,60-62,64-65H,4-15,17-18,20-22,25,28-40,42-43,45-48H2,1-3H3,(H,59,66)/b19-16-,24-23-,27-26-,44-41+. The van der Waals surface area contributed by atoms with Crippen LogP contribution in [0.15, 0.2) is 48.6 Å². The van der Waals surface area contributed by atoms with E-state index in [2.05, 4.69) is 62.5 Å². The molecule has 6 N–H and O–H groups in total. The van der Waals surface area contributed by atoms with E-state index in [1.165, 1.54) is 109 Å². The van der Waals surface area contributed by atoms with E-state index in [4.69, 9.17) is 14.2 Å². The maximum atomic E-state index is 13.3. The summed E-state index contributed by atoms with van der Waals surface area (Å²) in [6.45, 7) is 5.72. The lowest BCUT2D eigenvalue weighted by Crippen LogP contribution is -2.61. The molecule has 0 bridgehead atoms. The highest BCUT2D eigenvalue weighted by molar-refractivity contribution is 5.80. The van der Waals surface area contributed by atoms with Crippen molar-refractivity contribution in [3.05, 3.63) is 48.6 Å². The van der Waals surface area contributed by atoms with Crippen LogP contribution in [0.2, 0.25) is 0 Å². The van der Waals surface area contributed by atoms with E-state index < -0.39 is 67.4 Å². The highest BCUT2D eigenvalue weighted by atomic mass is 16.7. The molecule has 1 rings (SSSR count). The Morgan fingerprint density at radius 2 is 1.00 bits per heavy atom. The Kier molecular flexibility index (Phi) is 43.7. The molecule has 69 heavy (non-hydrogen) atoms. The van der Waals surface area contributed by atoms with Crippen LogP contribution in [0.25, 0.3) is 0 Å². The molecule has 0 aromatic rings. The lowest BCUT2D eigenvalue weighted by atomic mass is 9.99. The number of rotatable bonds is 47. The maximum Gasteiger partial charge on any atom is 0.306 e. The molecule has 8 unspecified atom stereocenters. The fraction of sp³-hybridized carbons (Fsp3) is 0.828. The number of allylic oxidation sites excluding steroid dienone is 7. The number of unbranched alkanes of at least 4 members (excludes halogenated alkanes) is 27. The van der Waals surface area contributed by atoms with Gasteiger partial charge in [-0.2, -0.15) is 0 Å². The molecule has 0 saturated carbocycles. The summed E-state index contributed by atoms with van der Waals surface area (Å²) in [7, 11) is 0. The van der Waals surface area contributed by atoms with Gasteiger partial charge in [-0.1, -0.05) is 223 Å². The molecular weight excluding hydrogens is 871 g/mol. The van der Waals surface area contributed by atoms with Crippen molar-refractivity contribution in [1.82, 2.24) is 5.32 Å². The molecule has 0 aliphatic carbocycles. The minimum Gasteiger partial charge on any atom is -0.454 e. The van der Waals surface area contributed by atoms with Crippen LogP contribution < -0.4 is 5.32 Å². The monoisotopic (exact) mass is 976 g/mol. The Bertz CT molecular complexity index is 1300. The summed E-state index contributed by atoms with van der Waals surface area (Å²) in [5, 5.41) is 56.7. The smallest absolute Gasteiger partial charge is 0.306 e. The number of hydrogen-bond acceptors (Lipinski definition) is 10. The molecular formula is C58H105NO10. The number of aliphatic hydroxyl groups excluding tert-OH is 5. The molecule has 1 heterocycles. The molecule has 11 heteroatoms. The predicted molar refractivity (Wildman–Crippen MR) is 283 cm³/mol. The van der Waals surface area contributed by atoms with Gasteiger partial charge in [-0.15, -0.1) is 0 Å². The molecule has 0 aromatic carbocycles. The van der Waals surface area contributed by atoms with E-state index in [0.29, 0.717) is 19.3 Å². The van der Waals surface area contributed by atoms with Crippen LogP contribution in [0.3, 0.4) is 0 Å². The van der Waals surface area contributed by atoms with Crippen LogP contribution in [-0.2, 0) is 23.8 Å². The van der Waals surface area contributed by atoms with Crippen molar-refractivity contribution >= 4 is 11.9 Å². The van der Waals surface area contributed by atoms with E-state index in [1.54, 1.807) is 6.08 Å². The minimum absolute atomic E-state index is 0.110. The van der Waals surface area contributed by atoms with Crippen LogP contribution in [0, 0.1) is 0 Å². The van der Waals surface area contributed by atoms with Crippen molar-refractivity contribution in [2.24, 2.45) is 0 Å². The van der Waals surface area contributed by atoms with E-state index >= 15 is 0 Å². The van der Waals surface area contributed by atoms with Gasteiger partial charge in [0, 0.05) is 6.42 Å². The Labute approximate surface area is 421 Å². The number of amides is 1. The first-order valence-electron chi connectivity index (χ1n) is 28.4. The highest BCUT2D eigenvalue weighted by Gasteiger charge is 2.47. The molecule has 1 amide bonds.